The van der Waals surface area contributed by atoms with Crippen LogP contribution in [0.15, 0.2) is 17.2 Å². The van der Waals surface area contributed by atoms with Gasteiger partial charge in [-0.1, -0.05) is 11.6 Å². The number of nitrogens with zero attached hydrogens (tertiary/aromatic N) is 2. The zero-order valence-corrected chi connectivity index (χ0v) is 15.7. The standard InChI is InChI=1S/C13H14ClF3N6O4S/c1-23-12(19-21-22-23)18-11(24)7-4-5-8(27-13(15,16)17)10(9(7)14)20-28(25,26)6-2-3-6/h4-6,20-22H,2-3H2,1H3,(H,18,19,24). The molecule has 1 aromatic carbocycles. The number of guanidine groups is 1. The summed E-state index contributed by atoms with van der Waals surface area (Å²) >= 11 is 6.07. The Morgan fingerprint density at radius 1 is 1.39 bits per heavy atom. The second-order valence-corrected chi connectivity index (χ2v) is 8.21. The summed E-state index contributed by atoms with van der Waals surface area (Å²) in [6, 6.07) is 1.78. The molecule has 0 bridgehead atoms. The number of carbonyl (C=O) groups excluding carboxylic acids is 1. The van der Waals surface area contributed by atoms with Gasteiger partial charge in [0.05, 0.1) is 15.8 Å². The number of nitrogens with one attached hydrogen (secondary N) is 4. The van der Waals surface area contributed by atoms with Crippen molar-refractivity contribution in [3.8, 4) is 5.75 Å². The van der Waals surface area contributed by atoms with Crippen molar-refractivity contribution in [3.63, 3.8) is 0 Å². The summed E-state index contributed by atoms with van der Waals surface area (Å²) in [7, 11) is -2.46. The fraction of sp³-hybridized carbons (Fsp3) is 0.385. The first-order valence-electron chi connectivity index (χ1n) is 7.71. The zero-order chi connectivity index (χ0) is 20.7. The van der Waals surface area contributed by atoms with Crippen LogP contribution < -0.4 is 25.8 Å². The van der Waals surface area contributed by atoms with E-state index in [0.717, 1.165) is 12.1 Å². The minimum atomic E-state index is -5.09. The Kier molecular flexibility index (Phi) is 5.20. The van der Waals surface area contributed by atoms with Gasteiger partial charge in [-0.3, -0.25) is 19.8 Å². The summed E-state index contributed by atoms with van der Waals surface area (Å²) in [5.41, 5.74) is 3.95. The number of halogens is 4. The highest BCUT2D eigenvalue weighted by molar-refractivity contribution is 7.93. The highest BCUT2D eigenvalue weighted by Crippen LogP contribution is 2.40. The van der Waals surface area contributed by atoms with Crippen LogP contribution in [0, 0.1) is 0 Å². The molecule has 10 nitrogen and oxygen atoms in total. The van der Waals surface area contributed by atoms with Crippen LogP contribution in [0.1, 0.15) is 23.2 Å². The Bertz CT molecular complexity index is 935. The minimum absolute atomic E-state index is 0.0526. The van der Waals surface area contributed by atoms with Crippen LogP contribution >= 0.6 is 11.6 Å². The number of anilines is 1. The molecule has 0 saturated heterocycles. The number of hydrogen-bond acceptors (Lipinski definition) is 8. The Hall–Kier alpha value is -2.45. The fourth-order valence-electron chi connectivity index (χ4n) is 2.20. The molecule has 1 fully saturated rings. The molecule has 3 rings (SSSR count). The summed E-state index contributed by atoms with van der Waals surface area (Å²) in [5.74, 6) is -1.65. The lowest BCUT2D eigenvalue weighted by Gasteiger charge is -2.18. The number of carbonyl (C=O) groups is 1. The monoisotopic (exact) mass is 442 g/mol. The van der Waals surface area contributed by atoms with E-state index in [4.69, 9.17) is 11.6 Å². The molecular weight excluding hydrogens is 429 g/mol. The van der Waals surface area contributed by atoms with E-state index >= 15 is 0 Å². The van der Waals surface area contributed by atoms with Crippen LogP contribution in [0.5, 0.6) is 5.75 Å². The van der Waals surface area contributed by atoms with E-state index in [2.05, 4.69) is 26.2 Å². The Morgan fingerprint density at radius 3 is 2.61 bits per heavy atom. The minimum Gasteiger partial charge on any atom is -0.403 e. The van der Waals surface area contributed by atoms with Crippen molar-refractivity contribution in [1.82, 2.24) is 21.4 Å². The molecule has 0 unspecified atom stereocenters. The molecule has 4 N–H and O–H groups in total. The summed E-state index contributed by atoms with van der Waals surface area (Å²) in [5, 5.41) is 6.10. The maximum Gasteiger partial charge on any atom is 0.573 e. The first kappa shape index (κ1) is 20.3. The van der Waals surface area contributed by atoms with E-state index in [-0.39, 0.29) is 11.5 Å². The number of amides is 1. The van der Waals surface area contributed by atoms with Crippen LogP contribution in [0.2, 0.25) is 5.02 Å². The van der Waals surface area contributed by atoms with Crippen molar-refractivity contribution in [1.29, 1.82) is 0 Å². The average molecular weight is 443 g/mol. The smallest absolute Gasteiger partial charge is 0.403 e. The molecule has 1 amide bonds. The van der Waals surface area contributed by atoms with Crippen molar-refractivity contribution in [2.45, 2.75) is 24.5 Å². The van der Waals surface area contributed by atoms with Gasteiger partial charge < -0.3 is 4.74 Å². The SMILES string of the molecule is CN1NNN=C1NC(=O)c1ccc(OC(F)(F)F)c(NS(=O)(=O)C2CC2)c1Cl. The van der Waals surface area contributed by atoms with Gasteiger partial charge in [-0.2, -0.15) is 0 Å². The number of hydrazine groups is 2. The molecular formula is C13H14ClF3N6O4S. The Morgan fingerprint density at radius 2 is 2.07 bits per heavy atom. The molecule has 1 aromatic rings. The number of rotatable bonds is 5. The van der Waals surface area contributed by atoms with Gasteiger partial charge in [0.25, 0.3) is 5.91 Å². The van der Waals surface area contributed by atoms with E-state index in [1.165, 1.54) is 12.1 Å². The van der Waals surface area contributed by atoms with Crippen molar-refractivity contribution in [2.24, 2.45) is 5.10 Å². The Balaban J connectivity index is 1.95. The molecule has 2 aliphatic rings. The second-order valence-electron chi connectivity index (χ2n) is 5.87. The molecule has 0 aromatic heterocycles. The van der Waals surface area contributed by atoms with Gasteiger partial charge in [-0.15, -0.1) is 23.8 Å². The van der Waals surface area contributed by atoms with Gasteiger partial charge in [0.15, 0.2) is 5.75 Å². The number of ether oxygens (including phenoxy) is 1. The van der Waals surface area contributed by atoms with Crippen LogP contribution in [0.3, 0.4) is 0 Å². The zero-order valence-electron chi connectivity index (χ0n) is 14.1. The summed E-state index contributed by atoms with van der Waals surface area (Å²) in [6.07, 6.45) is -4.35. The van der Waals surface area contributed by atoms with E-state index < -0.39 is 44.0 Å². The first-order valence-corrected chi connectivity index (χ1v) is 9.63. The third-order valence-electron chi connectivity index (χ3n) is 3.70. The average Bonchev–Trinajstić information content (AvgIpc) is 3.35. The number of alkyl halides is 3. The van der Waals surface area contributed by atoms with E-state index in [1.54, 1.807) is 0 Å². The predicted octanol–water partition coefficient (Wildman–Crippen LogP) is 1.10. The number of benzene rings is 1. The lowest BCUT2D eigenvalue weighted by Crippen LogP contribution is -2.45. The lowest BCUT2D eigenvalue weighted by atomic mass is 10.1. The van der Waals surface area contributed by atoms with E-state index in [0.29, 0.717) is 12.8 Å². The summed E-state index contributed by atoms with van der Waals surface area (Å²) in [6.45, 7) is 0. The van der Waals surface area contributed by atoms with E-state index in [1.807, 2.05) is 4.72 Å². The van der Waals surface area contributed by atoms with Gasteiger partial charge in [-0.05, 0) is 25.0 Å². The molecule has 0 atom stereocenters. The number of hydrazone groups is 1. The first-order chi connectivity index (χ1) is 13.0. The highest BCUT2D eigenvalue weighted by atomic mass is 35.5. The number of sulfonamides is 1. The molecule has 1 aliphatic heterocycles. The highest BCUT2D eigenvalue weighted by Gasteiger charge is 2.39. The molecule has 1 aliphatic carbocycles. The van der Waals surface area contributed by atoms with Crippen LogP contribution in [-0.2, 0) is 10.0 Å². The molecule has 28 heavy (non-hydrogen) atoms. The maximum absolute atomic E-state index is 12.7. The van der Waals surface area contributed by atoms with Crippen LogP contribution in [-0.4, -0.2) is 44.0 Å². The summed E-state index contributed by atoms with van der Waals surface area (Å²) < 4.78 is 68.2. The van der Waals surface area contributed by atoms with Crippen LogP contribution in [0.25, 0.3) is 0 Å². The maximum atomic E-state index is 12.7. The quantitative estimate of drug-likeness (QED) is 0.538. The normalized spacial score (nSPS) is 17.0. The van der Waals surface area contributed by atoms with Crippen molar-refractivity contribution >= 4 is 39.2 Å². The molecule has 15 heteroatoms. The lowest BCUT2D eigenvalue weighted by molar-refractivity contribution is -0.274. The van der Waals surface area contributed by atoms with Crippen molar-refractivity contribution in [2.75, 3.05) is 11.8 Å². The van der Waals surface area contributed by atoms with Gasteiger partial charge in [0.2, 0.25) is 16.0 Å². The molecule has 154 valence electrons. The summed E-state index contributed by atoms with van der Waals surface area (Å²) in [4.78, 5) is 12.4. The third kappa shape index (κ3) is 4.51. The molecule has 1 saturated carbocycles. The second kappa shape index (κ2) is 7.18. The van der Waals surface area contributed by atoms with E-state index in [9.17, 15) is 26.4 Å². The molecule has 0 radical (unpaired) electrons. The van der Waals surface area contributed by atoms with Gasteiger partial charge >= 0.3 is 6.36 Å². The van der Waals surface area contributed by atoms with Gasteiger partial charge in [-0.25, -0.2) is 14.0 Å². The topological polar surface area (TPSA) is 124 Å². The van der Waals surface area contributed by atoms with Crippen LogP contribution in [0.4, 0.5) is 18.9 Å². The fourth-order valence-corrected chi connectivity index (χ4v) is 3.96. The van der Waals surface area contributed by atoms with Gasteiger partial charge in [0.1, 0.15) is 5.69 Å². The molecule has 1 heterocycles. The van der Waals surface area contributed by atoms with Gasteiger partial charge in [0, 0.05) is 7.05 Å². The number of hydrogen-bond donors (Lipinski definition) is 4. The third-order valence-corrected chi connectivity index (χ3v) is 5.93. The largest absolute Gasteiger partial charge is 0.573 e. The van der Waals surface area contributed by atoms with Crippen molar-refractivity contribution < 1.29 is 31.1 Å². The predicted molar refractivity (Wildman–Crippen MR) is 92.6 cm³/mol. The molecule has 0 spiro atoms. The Labute approximate surface area is 162 Å². The van der Waals surface area contributed by atoms with Crippen molar-refractivity contribution in [3.05, 3.63) is 22.7 Å².